The van der Waals surface area contributed by atoms with Gasteiger partial charge in [-0.25, -0.2) is 9.97 Å². The number of hydrogen-bond acceptors (Lipinski definition) is 6. The highest BCUT2D eigenvalue weighted by molar-refractivity contribution is 5.93. The number of H-pyrrole nitrogens is 1. The number of hydrogen-bond donors (Lipinski definition) is 3. The van der Waals surface area contributed by atoms with Gasteiger partial charge in [-0.1, -0.05) is 24.3 Å². The first-order valence-electron chi connectivity index (χ1n) is 11.0. The minimum atomic E-state index is -0.163. The van der Waals surface area contributed by atoms with Crippen LogP contribution in [0.4, 0.5) is 11.5 Å². The number of aromatic amines is 1. The van der Waals surface area contributed by atoms with Gasteiger partial charge in [-0.3, -0.25) is 9.89 Å². The maximum atomic E-state index is 11.9. The fourth-order valence-corrected chi connectivity index (χ4v) is 3.70. The SMILES string of the molecule is CC(C)N[13C](=O)CO[13c]1ccc[13c](-[13c]2nc3ccccc3[13c](N[13c]3ccc4[nH]ncc4c3)n2)c1. The number of aromatic nitrogens is 4. The van der Waals surface area contributed by atoms with Crippen LogP contribution in [0.5, 0.6) is 5.75 Å². The summed E-state index contributed by atoms with van der Waals surface area (Å²) < 4.78 is 5.69. The lowest BCUT2D eigenvalue weighted by Gasteiger charge is -2.12. The molecule has 8 heteroatoms. The molecule has 0 unspecified atom stereocenters. The third-order valence-electron chi connectivity index (χ3n) is 5.22. The van der Waals surface area contributed by atoms with Crippen molar-refractivity contribution in [2.75, 3.05) is 11.9 Å². The Morgan fingerprint density at radius 3 is 2.79 bits per heavy atom. The summed E-state index contributed by atoms with van der Waals surface area (Å²) in [6.07, 6.45) is 1.79. The van der Waals surface area contributed by atoms with E-state index in [9.17, 15) is 4.79 Å². The molecule has 0 spiro atoms. The van der Waals surface area contributed by atoms with Crippen molar-refractivity contribution in [1.29, 1.82) is 0 Å². The Kier molecular flexibility index (Phi) is 5.78. The van der Waals surface area contributed by atoms with Gasteiger partial charge in [0.2, 0.25) is 0 Å². The fraction of sp³-hybridized carbons (Fsp3) is 0.154. The Hall–Kier alpha value is -4.46. The molecule has 0 saturated heterocycles. The highest BCUT2D eigenvalue weighted by Crippen LogP contribution is 2.29. The summed E-state index contributed by atoms with van der Waals surface area (Å²) in [6, 6.07) is 21.3. The van der Waals surface area contributed by atoms with Crippen molar-refractivity contribution in [3.63, 3.8) is 0 Å². The van der Waals surface area contributed by atoms with Crippen molar-refractivity contribution in [3.8, 4) is 17.1 Å². The lowest BCUT2D eigenvalue weighted by Crippen LogP contribution is -2.34. The molecule has 5 rings (SSSR count). The number of carbonyl (C=O) groups excluding carboxylic acids is 1. The molecule has 2 aromatic heterocycles. The number of fused-ring (bicyclic) bond motifs is 2. The van der Waals surface area contributed by atoms with E-state index in [0.29, 0.717) is 17.4 Å². The third kappa shape index (κ3) is 4.66. The summed E-state index contributed by atoms with van der Waals surface area (Å²) in [7, 11) is 0. The Morgan fingerprint density at radius 2 is 1.91 bits per heavy atom. The molecule has 170 valence electrons. The number of nitrogens with one attached hydrogen (secondary N) is 3. The van der Waals surface area contributed by atoms with Crippen LogP contribution in [0.2, 0.25) is 0 Å². The Balaban J connectivity index is 1.46. The molecule has 0 fully saturated rings. The topological polar surface area (TPSA) is 105 Å². The molecule has 1 amide bonds. The molecular formula is C26H24N6O2. The van der Waals surface area contributed by atoms with Crippen LogP contribution in [0, 0.1) is 0 Å². The number of amides is 1. The van der Waals surface area contributed by atoms with Crippen molar-refractivity contribution in [2.45, 2.75) is 19.9 Å². The van der Waals surface area contributed by atoms with Crippen LogP contribution >= 0.6 is 0 Å². The van der Waals surface area contributed by atoms with Crippen LogP contribution in [-0.2, 0) is 4.79 Å². The first kappa shape index (κ1) is 21.4. The molecule has 0 aliphatic carbocycles. The smallest absolute Gasteiger partial charge is 0.258 e. The zero-order valence-corrected chi connectivity index (χ0v) is 18.9. The molecule has 34 heavy (non-hydrogen) atoms. The molecule has 0 aliphatic rings. The predicted molar refractivity (Wildman–Crippen MR) is 133 cm³/mol. The predicted octanol–water partition coefficient (Wildman–Crippen LogP) is 4.82. The minimum Gasteiger partial charge on any atom is -0.484 e. The number of rotatable bonds is 7. The standard InChI is InChI=1S/C26H24N6O2/c1-16(2)28-24(33)15-34-20-7-5-6-17(13-20)25-30-23-9-4-3-8-21(23)26(31-25)29-19-10-11-22-18(12-19)14-27-32-22/h3-14,16H,15H2,1-2H3,(H,27,32)(H,28,33)(H,29,30,31)/i17+1,19+1,20+1,24+1,25+1,26+1. The van der Waals surface area contributed by atoms with Crippen molar-refractivity contribution in [2.24, 2.45) is 0 Å². The van der Waals surface area contributed by atoms with Gasteiger partial charge >= 0.3 is 0 Å². The lowest BCUT2D eigenvalue weighted by atomic mass is 10.3. The summed E-state index contributed by atoms with van der Waals surface area (Å²) in [6.45, 7) is 3.77. The maximum Gasteiger partial charge on any atom is 0.258 e. The highest BCUT2D eigenvalue weighted by atomic mass is 16.6. The highest BCUT2D eigenvalue weighted by Gasteiger charge is 2.12. The molecule has 2 heterocycles. The molecule has 5 aromatic rings. The van der Waals surface area contributed by atoms with Crippen LogP contribution in [0.3, 0.4) is 0 Å². The van der Waals surface area contributed by atoms with Crippen LogP contribution in [-0.4, -0.2) is 38.7 Å². The first-order valence-corrected chi connectivity index (χ1v) is 11.0. The molecule has 3 N–H and O–H groups in total. The van der Waals surface area contributed by atoms with E-state index in [1.807, 2.05) is 80.6 Å². The maximum absolute atomic E-state index is 11.9. The molecule has 0 aliphatic heterocycles. The Morgan fingerprint density at radius 1 is 1.03 bits per heavy atom. The molecule has 0 saturated carbocycles. The van der Waals surface area contributed by atoms with Crippen LogP contribution < -0.4 is 15.4 Å². The van der Waals surface area contributed by atoms with E-state index in [1.165, 1.54) is 0 Å². The van der Waals surface area contributed by atoms with Crippen LogP contribution in [0.15, 0.2) is 72.9 Å². The van der Waals surface area contributed by atoms with Gasteiger partial charge in [0.1, 0.15) is 11.6 Å². The van der Waals surface area contributed by atoms with Gasteiger partial charge in [-0.15, -0.1) is 0 Å². The third-order valence-corrected chi connectivity index (χ3v) is 5.22. The van der Waals surface area contributed by atoms with E-state index in [-0.39, 0.29) is 18.6 Å². The van der Waals surface area contributed by atoms with Gasteiger partial charge in [0.05, 0.1) is 17.2 Å². The first-order chi connectivity index (χ1) is 16.5. The summed E-state index contributed by atoms with van der Waals surface area (Å²) in [5, 5.41) is 15.2. The van der Waals surface area contributed by atoms with Crippen molar-refractivity contribution in [3.05, 3.63) is 72.9 Å². The van der Waals surface area contributed by atoms with Gasteiger partial charge in [0, 0.05) is 28.1 Å². The average Bonchev–Trinajstić information content (AvgIpc) is 3.30. The van der Waals surface area contributed by atoms with Gasteiger partial charge in [-0.05, 0) is 56.3 Å². The summed E-state index contributed by atoms with van der Waals surface area (Å²) in [5.74, 6) is 1.67. The number of para-hydroxylation sites is 1. The van der Waals surface area contributed by atoms with Crippen molar-refractivity contribution < 1.29 is 9.53 Å². The van der Waals surface area contributed by atoms with Gasteiger partial charge in [0.15, 0.2) is 12.4 Å². The second-order valence-electron chi connectivity index (χ2n) is 8.25. The number of carbonyl (C=O) groups is 1. The molecule has 8 nitrogen and oxygen atoms in total. The second kappa shape index (κ2) is 9.19. The zero-order chi connectivity index (χ0) is 23.5. The minimum absolute atomic E-state index is 0.0521. The number of anilines is 2. The van der Waals surface area contributed by atoms with Crippen molar-refractivity contribution in [1.82, 2.24) is 25.5 Å². The lowest BCUT2D eigenvalue weighted by molar-refractivity contribution is -0.123. The van der Waals surface area contributed by atoms with Crippen LogP contribution in [0.1, 0.15) is 13.8 Å². The quantitative estimate of drug-likeness (QED) is 0.302. The van der Waals surface area contributed by atoms with E-state index in [4.69, 9.17) is 14.7 Å². The summed E-state index contributed by atoms with van der Waals surface area (Å²) in [4.78, 5) is 21.5. The van der Waals surface area contributed by atoms with E-state index in [2.05, 4.69) is 20.8 Å². The second-order valence-corrected chi connectivity index (χ2v) is 8.25. The Bertz CT molecular complexity index is 1480. The largest absolute Gasteiger partial charge is 0.484 e. The van der Waals surface area contributed by atoms with Gasteiger partial charge < -0.3 is 15.4 Å². The van der Waals surface area contributed by atoms with E-state index in [0.717, 1.165) is 33.1 Å². The summed E-state index contributed by atoms with van der Waals surface area (Å²) in [5.41, 5.74) is 3.48. The van der Waals surface area contributed by atoms with Gasteiger partial charge in [-0.2, -0.15) is 5.10 Å². The molecule has 0 radical (unpaired) electrons. The van der Waals surface area contributed by atoms with Crippen molar-refractivity contribution >= 4 is 39.2 Å². The molecule has 3 aromatic carbocycles. The molecule has 0 atom stereocenters. The number of benzene rings is 3. The number of ether oxygens (including phenoxy) is 1. The van der Waals surface area contributed by atoms with E-state index >= 15 is 0 Å². The monoisotopic (exact) mass is 458 g/mol. The Labute approximate surface area is 196 Å². The fourth-order valence-electron chi connectivity index (χ4n) is 3.70. The van der Waals surface area contributed by atoms with Gasteiger partial charge in [0.25, 0.3) is 5.91 Å². The van der Waals surface area contributed by atoms with E-state index < -0.39 is 0 Å². The number of nitrogens with zero attached hydrogens (tertiary/aromatic N) is 3. The average molecular weight is 458 g/mol. The zero-order valence-electron chi connectivity index (χ0n) is 18.9. The normalized spacial score (nSPS) is 11.1. The molecular weight excluding hydrogens is 434 g/mol. The summed E-state index contributed by atoms with van der Waals surface area (Å²) >= 11 is 0. The van der Waals surface area contributed by atoms with Crippen LogP contribution in [0.25, 0.3) is 33.2 Å². The molecule has 0 bridgehead atoms. The van der Waals surface area contributed by atoms with E-state index in [1.54, 1.807) is 6.20 Å².